The van der Waals surface area contributed by atoms with Crippen LogP contribution in [0.5, 0.6) is 0 Å². The molecule has 1 unspecified atom stereocenters. The van der Waals surface area contributed by atoms with Crippen molar-refractivity contribution in [3.8, 4) is 6.07 Å². The predicted octanol–water partition coefficient (Wildman–Crippen LogP) is 4.81. The van der Waals surface area contributed by atoms with Crippen molar-refractivity contribution in [1.29, 1.82) is 5.26 Å². The van der Waals surface area contributed by atoms with Crippen LogP contribution in [-0.2, 0) is 13.0 Å². The van der Waals surface area contributed by atoms with Gasteiger partial charge in [-0.25, -0.2) is 0 Å². The third-order valence-corrected chi connectivity index (χ3v) is 7.71. The number of aliphatic hydroxyl groups is 1. The second-order valence-electron chi connectivity index (χ2n) is 9.43. The van der Waals surface area contributed by atoms with Crippen molar-refractivity contribution in [3.05, 3.63) is 81.6 Å². The van der Waals surface area contributed by atoms with E-state index in [1.165, 1.54) is 4.88 Å². The third-order valence-electron chi connectivity index (χ3n) is 6.94. The van der Waals surface area contributed by atoms with E-state index in [0.717, 1.165) is 74.9 Å². The van der Waals surface area contributed by atoms with Gasteiger partial charge in [0.05, 0.1) is 36.3 Å². The molecule has 1 aromatic carbocycles. The fourth-order valence-corrected chi connectivity index (χ4v) is 5.46. The first kappa shape index (κ1) is 26.9. The van der Waals surface area contributed by atoms with Gasteiger partial charge in [-0.15, -0.1) is 11.3 Å². The Balaban J connectivity index is 1.33. The molecule has 4 rings (SSSR count). The highest BCUT2D eigenvalue weighted by molar-refractivity contribution is 7.09. The molecule has 7 nitrogen and oxygen atoms in total. The molecule has 1 N–H and O–H groups in total. The van der Waals surface area contributed by atoms with Crippen molar-refractivity contribution in [2.75, 3.05) is 32.7 Å². The smallest absolute Gasteiger partial charge is 0.113 e. The lowest BCUT2D eigenvalue weighted by molar-refractivity contribution is 0.177. The summed E-state index contributed by atoms with van der Waals surface area (Å²) >= 11 is 1.70. The summed E-state index contributed by atoms with van der Waals surface area (Å²) in [5.74, 6) is 1.59. The highest BCUT2D eigenvalue weighted by Gasteiger charge is 2.24. The van der Waals surface area contributed by atoms with Gasteiger partial charge in [-0.1, -0.05) is 18.2 Å². The molecule has 0 radical (unpaired) electrons. The molecule has 0 saturated carbocycles. The molecular weight excluding hydrogens is 480 g/mol. The lowest BCUT2D eigenvalue weighted by Gasteiger charge is -2.34. The molecule has 0 amide bonds. The van der Waals surface area contributed by atoms with Crippen molar-refractivity contribution in [1.82, 2.24) is 19.8 Å². The fourth-order valence-electron chi connectivity index (χ4n) is 4.85. The highest BCUT2D eigenvalue weighted by atomic mass is 32.1. The first-order valence-electron chi connectivity index (χ1n) is 13.1. The average molecular weight is 517 g/mol. The van der Waals surface area contributed by atoms with Crippen LogP contribution in [0.15, 0.2) is 59.2 Å². The summed E-state index contributed by atoms with van der Waals surface area (Å²) < 4.78 is 0. The van der Waals surface area contributed by atoms with Gasteiger partial charge < -0.3 is 10.0 Å². The summed E-state index contributed by atoms with van der Waals surface area (Å²) in [5.41, 5.74) is 5.31. The van der Waals surface area contributed by atoms with Crippen LogP contribution in [-0.4, -0.2) is 63.4 Å². The number of thiazole rings is 1. The average Bonchev–Trinajstić information content (AvgIpc) is 3.45. The zero-order chi connectivity index (χ0) is 26.0. The lowest BCUT2D eigenvalue weighted by atomic mass is 9.92. The molecule has 2 aromatic heterocycles. The second-order valence-corrected chi connectivity index (χ2v) is 10.4. The molecule has 194 valence electrons. The Hall–Kier alpha value is -3.12. The van der Waals surface area contributed by atoms with Crippen LogP contribution in [0.4, 0.5) is 0 Å². The second kappa shape index (κ2) is 13.4. The Kier molecular flexibility index (Phi) is 9.78. The number of nitrogens with zero attached hydrogens (tertiary/aromatic N) is 6. The molecule has 1 atom stereocenters. The number of rotatable bonds is 10. The quantitative estimate of drug-likeness (QED) is 0.307. The van der Waals surface area contributed by atoms with Gasteiger partial charge in [-0.05, 0) is 69.6 Å². The van der Waals surface area contributed by atoms with Crippen molar-refractivity contribution >= 4 is 17.2 Å². The summed E-state index contributed by atoms with van der Waals surface area (Å²) in [6.45, 7) is 9.78. The molecule has 3 aromatic rings. The van der Waals surface area contributed by atoms with E-state index in [-0.39, 0.29) is 0 Å². The number of nitriles is 1. The maximum absolute atomic E-state index is 10.7. The maximum atomic E-state index is 10.7. The van der Waals surface area contributed by atoms with Crippen molar-refractivity contribution < 1.29 is 5.11 Å². The van der Waals surface area contributed by atoms with Crippen LogP contribution in [0.3, 0.4) is 0 Å². The van der Waals surface area contributed by atoms with Crippen molar-refractivity contribution in [2.45, 2.75) is 51.7 Å². The molecule has 1 fully saturated rings. The van der Waals surface area contributed by atoms with Crippen LogP contribution in [0, 0.1) is 11.3 Å². The van der Waals surface area contributed by atoms with Crippen LogP contribution in [0.2, 0.25) is 0 Å². The number of piperidine rings is 1. The molecule has 1 aliphatic rings. The van der Waals surface area contributed by atoms with Gasteiger partial charge in [-0.2, -0.15) is 5.26 Å². The van der Waals surface area contributed by atoms with Crippen LogP contribution >= 0.6 is 11.3 Å². The highest BCUT2D eigenvalue weighted by Crippen LogP contribution is 2.28. The molecule has 0 bridgehead atoms. The van der Waals surface area contributed by atoms with Gasteiger partial charge in [0.15, 0.2) is 0 Å². The lowest BCUT2D eigenvalue weighted by Crippen LogP contribution is -2.43. The summed E-state index contributed by atoms with van der Waals surface area (Å²) in [5, 5.41) is 19.7. The van der Waals surface area contributed by atoms with Gasteiger partial charge in [0.2, 0.25) is 0 Å². The van der Waals surface area contributed by atoms with Gasteiger partial charge in [0.1, 0.15) is 5.84 Å². The number of likely N-dealkylation sites (N-methyl/N-ethyl adjacent to an activating group) is 1. The van der Waals surface area contributed by atoms with E-state index in [1.54, 1.807) is 23.5 Å². The first-order valence-corrected chi connectivity index (χ1v) is 14.0. The zero-order valence-corrected chi connectivity index (χ0v) is 22.6. The Morgan fingerprint density at radius 2 is 2.00 bits per heavy atom. The van der Waals surface area contributed by atoms with Crippen molar-refractivity contribution in [3.63, 3.8) is 0 Å². The van der Waals surface area contributed by atoms with Crippen LogP contribution in [0.25, 0.3) is 0 Å². The van der Waals surface area contributed by atoms with E-state index < -0.39 is 6.10 Å². The molecule has 0 aliphatic carbocycles. The van der Waals surface area contributed by atoms with Gasteiger partial charge in [0, 0.05) is 47.9 Å². The Labute approximate surface area is 224 Å². The minimum atomic E-state index is -0.639. The van der Waals surface area contributed by atoms with Gasteiger partial charge >= 0.3 is 0 Å². The number of hydrogen-bond donors (Lipinski definition) is 1. The number of aliphatic hydroxyl groups excluding tert-OH is 1. The Morgan fingerprint density at radius 3 is 2.65 bits per heavy atom. The summed E-state index contributed by atoms with van der Waals surface area (Å²) in [4.78, 5) is 20.1. The predicted molar refractivity (Wildman–Crippen MR) is 149 cm³/mol. The summed E-state index contributed by atoms with van der Waals surface area (Å²) in [6, 6.07) is 15.4. The number of aliphatic imine (C=N–C) groups is 1. The normalized spacial score (nSPS) is 15.9. The van der Waals surface area contributed by atoms with E-state index in [9.17, 15) is 5.11 Å². The Morgan fingerprint density at radius 1 is 1.22 bits per heavy atom. The number of pyridine rings is 1. The first-order chi connectivity index (χ1) is 18.1. The molecular formula is C29H36N6OS. The SMILES string of the molecule is CC/N=C(/CN1CCC(c2cccc(CC(O)c3ccc(C#N)cc3)n2)CC1)N(CC)Cc1cncs1. The van der Waals surface area contributed by atoms with Gasteiger partial charge in [-0.3, -0.25) is 19.9 Å². The molecule has 8 heteroatoms. The third kappa shape index (κ3) is 7.45. The summed E-state index contributed by atoms with van der Waals surface area (Å²) in [6.07, 6.45) is 3.90. The number of benzene rings is 1. The number of hydrogen-bond acceptors (Lipinski definition) is 7. The minimum Gasteiger partial charge on any atom is -0.388 e. The van der Waals surface area contributed by atoms with E-state index in [2.05, 4.69) is 46.8 Å². The minimum absolute atomic E-state index is 0.425. The molecule has 3 heterocycles. The zero-order valence-electron chi connectivity index (χ0n) is 21.8. The molecule has 1 saturated heterocycles. The summed E-state index contributed by atoms with van der Waals surface area (Å²) in [7, 11) is 0. The van der Waals surface area contributed by atoms with E-state index in [4.69, 9.17) is 15.2 Å². The number of amidine groups is 1. The van der Waals surface area contributed by atoms with Crippen LogP contribution in [0.1, 0.15) is 66.1 Å². The van der Waals surface area contributed by atoms with Gasteiger partial charge in [0.25, 0.3) is 0 Å². The molecule has 1 aliphatic heterocycles. The standard InChI is InChI=1S/C29H36N6OS/c1-3-32-29(35(4-2)19-26-18-31-21-37-26)20-34-14-12-23(13-15-34)27-7-5-6-25(33-27)16-28(36)24-10-8-22(17-30)9-11-24/h5-11,18,21,23,28,36H,3-4,12-16,19-20H2,1-2H3/b32-29-. The molecule has 37 heavy (non-hydrogen) atoms. The van der Waals surface area contributed by atoms with E-state index >= 15 is 0 Å². The van der Waals surface area contributed by atoms with E-state index in [1.807, 2.05) is 29.9 Å². The van der Waals surface area contributed by atoms with Crippen LogP contribution < -0.4 is 0 Å². The van der Waals surface area contributed by atoms with E-state index in [0.29, 0.717) is 17.9 Å². The molecule has 0 spiro atoms. The largest absolute Gasteiger partial charge is 0.388 e. The Bertz CT molecular complexity index is 1180. The topological polar surface area (TPSA) is 88.6 Å². The number of likely N-dealkylation sites (tertiary alicyclic amines) is 1. The monoisotopic (exact) mass is 516 g/mol. The number of aromatic nitrogens is 2. The fraction of sp³-hybridized carbons (Fsp3) is 0.448. The maximum Gasteiger partial charge on any atom is 0.113 e. The van der Waals surface area contributed by atoms with Crippen molar-refractivity contribution in [2.24, 2.45) is 4.99 Å².